The normalized spacial score (nSPS) is 13.5. The molecule has 0 spiro atoms. The molecule has 0 amide bonds. The van der Waals surface area contributed by atoms with Crippen molar-refractivity contribution in [1.82, 2.24) is 0 Å². The maximum absolute atomic E-state index is 11.3. The minimum atomic E-state index is -3.86. The van der Waals surface area contributed by atoms with Crippen molar-refractivity contribution in [3.05, 3.63) is 30.3 Å². The minimum absolute atomic E-state index is 0.183. The van der Waals surface area contributed by atoms with Gasteiger partial charge in [-0.1, -0.05) is 18.2 Å². The van der Waals surface area contributed by atoms with Crippen LogP contribution in [0.1, 0.15) is 0 Å². The first-order valence-electron chi connectivity index (χ1n) is 4.29. The Labute approximate surface area is 88.1 Å². The molecule has 1 rings (SSSR count). The SMILES string of the molecule is O=S(=O)(CC(O)CO)Oc1ccccc1. The number of aliphatic hydroxyl groups is 2. The average molecular weight is 232 g/mol. The summed E-state index contributed by atoms with van der Waals surface area (Å²) in [6.07, 6.45) is -1.32. The molecular formula is C9H12O5S. The lowest BCUT2D eigenvalue weighted by Gasteiger charge is -2.09. The van der Waals surface area contributed by atoms with Crippen molar-refractivity contribution >= 4 is 10.1 Å². The van der Waals surface area contributed by atoms with E-state index in [2.05, 4.69) is 4.18 Å². The largest absolute Gasteiger partial charge is 0.394 e. The molecule has 1 atom stereocenters. The molecule has 0 heterocycles. The molecule has 0 aliphatic carbocycles. The van der Waals surface area contributed by atoms with Crippen molar-refractivity contribution in [1.29, 1.82) is 0 Å². The van der Waals surface area contributed by atoms with Gasteiger partial charge in [0, 0.05) is 0 Å². The van der Waals surface area contributed by atoms with Gasteiger partial charge in [-0.05, 0) is 12.1 Å². The number of rotatable bonds is 5. The van der Waals surface area contributed by atoms with Crippen LogP contribution in [0.3, 0.4) is 0 Å². The van der Waals surface area contributed by atoms with E-state index in [1.165, 1.54) is 12.1 Å². The van der Waals surface area contributed by atoms with E-state index in [0.717, 1.165) is 0 Å². The summed E-state index contributed by atoms with van der Waals surface area (Å²) >= 11 is 0. The molecule has 0 radical (unpaired) electrons. The van der Waals surface area contributed by atoms with Crippen molar-refractivity contribution < 1.29 is 22.8 Å². The molecule has 0 aliphatic heterocycles. The van der Waals surface area contributed by atoms with Gasteiger partial charge >= 0.3 is 10.1 Å². The molecule has 1 aromatic rings. The molecule has 0 aliphatic rings. The lowest BCUT2D eigenvalue weighted by molar-refractivity contribution is 0.111. The Kier molecular flexibility index (Phi) is 4.07. The Morgan fingerprint density at radius 1 is 1.27 bits per heavy atom. The Bertz CT molecular complexity index is 386. The summed E-state index contributed by atoms with van der Waals surface area (Å²) in [5, 5.41) is 17.5. The van der Waals surface area contributed by atoms with E-state index >= 15 is 0 Å². The van der Waals surface area contributed by atoms with Crippen LogP contribution >= 0.6 is 0 Å². The highest BCUT2D eigenvalue weighted by Gasteiger charge is 2.18. The quantitative estimate of drug-likeness (QED) is 0.684. The zero-order valence-corrected chi connectivity index (χ0v) is 8.72. The highest BCUT2D eigenvalue weighted by molar-refractivity contribution is 7.87. The van der Waals surface area contributed by atoms with E-state index in [-0.39, 0.29) is 5.75 Å². The van der Waals surface area contributed by atoms with Crippen molar-refractivity contribution in [2.75, 3.05) is 12.4 Å². The third kappa shape index (κ3) is 4.28. The molecule has 15 heavy (non-hydrogen) atoms. The lowest BCUT2D eigenvalue weighted by Crippen LogP contribution is -2.27. The number of aliphatic hydroxyl groups excluding tert-OH is 2. The summed E-state index contributed by atoms with van der Waals surface area (Å²) in [6, 6.07) is 7.97. The van der Waals surface area contributed by atoms with Gasteiger partial charge in [0.15, 0.2) is 0 Å². The molecule has 6 heteroatoms. The second-order valence-electron chi connectivity index (χ2n) is 2.96. The molecule has 0 saturated carbocycles. The second-order valence-corrected chi connectivity index (χ2v) is 4.57. The Morgan fingerprint density at radius 3 is 2.40 bits per heavy atom. The van der Waals surface area contributed by atoms with Gasteiger partial charge in [-0.3, -0.25) is 0 Å². The summed E-state index contributed by atoms with van der Waals surface area (Å²) in [7, 11) is -3.86. The third-order valence-corrected chi connectivity index (χ3v) is 2.81. The fourth-order valence-electron chi connectivity index (χ4n) is 0.945. The molecule has 2 N–H and O–H groups in total. The van der Waals surface area contributed by atoms with E-state index in [0.29, 0.717) is 0 Å². The van der Waals surface area contributed by atoms with Crippen LogP contribution in [-0.4, -0.2) is 37.1 Å². The Morgan fingerprint density at radius 2 is 1.87 bits per heavy atom. The monoisotopic (exact) mass is 232 g/mol. The molecule has 5 nitrogen and oxygen atoms in total. The highest BCUT2D eigenvalue weighted by Crippen LogP contribution is 2.12. The molecule has 0 fully saturated rings. The first kappa shape index (κ1) is 12.0. The minimum Gasteiger partial charge on any atom is -0.394 e. The van der Waals surface area contributed by atoms with Crippen LogP contribution in [-0.2, 0) is 10.1 Å². The molecule has 0 saturated heterocycles. The molecular weight excluding hydrogens is 220 g/mol. The van der Waals surface area contributed by atoms with Crippen molar-refractivity contribution in [3.8, 4) is 5.75 Å². The van der Waals surface area contributed by atoms with Crippen molar-refractivity contribution in [3.63, 3.8) is 0 Å². The first-order chi connectivity index (χ1) is 7.03. The first-order valence-corrected chi connectivity index (χ1v) is 5.87. The smallest absolute Gasteiger partial charge is 0.311 e. The number of benzene rings is 1. The van der Waals surface area contributed by atoms with Gasteiger partial charge in [-0.15, -0.1) is 0 Å². The van der Waals surface area contributed by atoms with Gasteiger partial charge in [0.25, 0.3) is 0 Å². The molecule has 1 unspecified atom stereocenters. The van der Waals surface area contributed by atoms with E-state index in [1.807, 2.05) is 0 Å². The van der Waals surface area contributed by atoms with E-state index in [4.69, 9.17) is 10.2 Å². The van der Waals surface area contributed by atoms with Crippen LogP contribution in [0.25, 0.3) is 0 Å². The zero-order valence-electron chi connectivity index (χ0n) is 7.91. The van der Waals surface area contributed by atoms with Gasteiger partial charge in [-0.2, -0.15) is 8.42 Å². The zero-order chi connectivity index (χ0) is 11.3. The lowest BCUT2D eigenvalue weighted by atomic mass is 10.3. The molecule has 1 aromatic carbocycles. The maximum Gasteiger partial charge on any atom is 0.311 e. The van der Waals surface area contributed by atoms with Crippen molar-refractivity contribution in [2.24, 2.45) is 0 Å². The summed E-state index contributed by atoms with van der Waals surface area (Å²) in [4.78, 5) is 0. The van der Waals surface area contributed by atoms with Gasteiger partial charge in [0.1, 0.15) is 11.5 Å². The number of hydrogen-bond donors (Lipinski definition) is 2. The average Bonchev–Trinajstić information content (AvgIpc) is 2.17. The van der Waals surface area contributed by atoms with Crippen LogP contribution in [0.2, 0.25) is 0 Å². The topological polar surface area (TPSA) is 83.8 Å². The summed E-state index contributed by atoms with van der Waals surface area (Å²) in [5.74, 6) is -0.444. The molecule has 84 valence electrons. The van der Waals surface area contributed by atoms with Gasteiger partial charge < -0.3 is 14.4 Å². The van der Waals surface area contributed by atoms with Crippen LogP contribution in [0.4, 0.5) is 0 Å². The molecule has 0 bridgehead atoms. The van der Waals surface area contributed by atoms with Gasteiger partial charge in [0.2, 0.25) is 0 Å². The highest BCUT2D eigenvalue weighted by atomic mass is 32.2. The summed E-state index contributed by atoms with van der Waals surface area (Å²) in [5.41, 5.74) is 0. The fraction of sp³-hybridized carbons (Fsp3) is 0.333. The van der Waals surface area contributed by atoms with Crippen LogP contribution in [0.15, 0.2) is 30.3 Å². The predicted molar refractivity (Wildman–Crippen MR) is 53.9 cm³/mol. The molecule has 0 aromatic heterocycles. The Hall–Kier alpha value is -1.11. The predicted octanol–water partition coefficient (Wildman–Crippen LogP) is -0.252. The van der Waals surface area contributed by atoms with Crippen LogP contribution < -0.4 is 4.18 Å². The van der Waals surface area contributed by atoms with E-state index in [9.17, 15) is 8.42 Å². The van der Waals surface area contributed by atoms with E-state index < -0.39 is 28.6 Å². The standard InChI is InChI=1S/C9H12O5S/c10-6-8(11)7-15(12,13)14-9-4-2-1-3-5-9/h1-5,8,10-11H,6-7H2. The summed E-state index contributed by atoms with van der Waals surface area (Å²) < 4.78 is 27.2. The van der Waals surface area contributed by atoms with E-state index in [1.54, 1.807) is 18.2 Å². The number of hydrogen-bond acceptors (Lipinski definition) is 5. The van der Waals surface area contributed by atoms with Crippen LogP contribution in [0, 0.1) is 0 Å². The third-order valence-electron chi connectivity index (χ3n) is 1.57. The maximum atomic E-state index is 11.3. The summed E-state index contributed by atoms with van der Waals surface area (Å²) in [6.45, 7) is -0.614. The van der Waals surface area contributed by atoms with Crippen LogP contribution in [0.5, 0.6) is 5.75 Å². The number of para-hydroxylation sites is 1. The Balaban J connectivity index is 2.65. The fourth-order valence-corrected chi connectivity index (χ4v) is 1.99. The van der Waals surface area contributed by atoms with Gasteiger partial charge in [0.05, 0.1) is 12.7 Å². The second kappa shape index (κ2) is 5.11. The van der Waals surface area contributed by atoms with Gasteiger partial charge in [-0.25, -0.2) is 0 Å². The van der Waals surface area contributed by atoms with Crippen molar-refractivity contribution in [2.45, 2.75) is 6.10 Å².